The molecule has 0 radical (unpaired) electrons. The number of nitriles is 1. The van der Waals surface area contributed by atoms with Crippen molar-refractivity contribution in [3.05, 3.63) is 43.0 Å². The molecule has 1 atom stereocenters. The molecular weight excluding hydrogens is 256 g/mol. The largest absolute Gasteiger partial charge is 0.464 e. The first-order chi connectivity index (χ1) is 9.60. The molecular formula is C15H16N2O3. The zero-order valence-electron chi connectivity index (χ0n) is 11.3. The van der Waals surface area contributed by atoms with Gasteiger partial charge in [0, 0.05) is 12.1 Å². The highest BCUT2D eigenvalue weighted by Gasteiger charge is 2.47. The number of hydrogen-bond donors (Lipinski definition) is 1. The van der Waals surface area contributed by atoms with Crippen molar-refractivity contribution in [3.8, 4) is 6.07 Å². The number of carbonyl (C=O) groups is 2. The van der Waals surface area contributed by atoms with Gasteiger partial charge in [0.05, 0.1) is 12.7 Å². The van der Waals surface area contributed by atoms with Crippen LogP contribution in [0.25, 0.3) is 0 Å². The number of ether oxygens (including phenoxy) is 1. The fraction of sp³-hybridized carbons (Fsp3) is 0.267. The average Bonchev–Trinajstić information content (AvgIpc) is 2.46. The van der Waals surface area contributed by atoms with Gasteiger partial charge in [-0.05, 0) is 19.1 Å². The third kappa shape index (κ3) is 3.23. The fourth-order valence-corrected chi connectivity index (χ4v) is 1.64. The minimum atomic E-state index is -1.91. The molecule has 1 aromatic carbocycles. The number of nitrogens with zero attached hydrogens (tertiary/aromatic N) is 1. The van der Waals surface area contributed by atoms with Gasteiger partial charge in [-0.1, -0.05) is 24.3 Å². The van der Waals surface area contributed by atoms with Crippen molar-refractivity contribution in [2.45, 2.75) is 13.3 Å². The number of allylic oxidation sites excluding steroid dienone is 1. The normalized spacial score (nSPS) is 12.6. The molecule has 0 fully saturated rings. The van der Waals surface area contributed by atoms with Gasteiger partial charge in [-0.3, -0.25) is 4.79 Å². The van der Waals surface area contributed by atoms with Crippen LogP contribution in [0.1, 0.15) is 13.3 Å². The maximum absolute atomic E-state index is 12.3. The fourth-order valence-electron chi connectivity index (χ4n) is 1.64. The first-order valence-electron chi connectivity index (χ1n) is 6.16. The summed E-state index contributed by atoms with van der Waals surface area (Å²) in [7, 11) is 0. The summed E-state index contributed by atoms with van der Waals surface area (Å²) >= 11 is 0. The number of amides is 1. The minimum absolute atomic E-state index is 0.0953. The summed E-state index contributed by atoms with van der Waals surface area (Å²) in [5.41, 5.74) is -1.40. The Bertz CT molecular complexity index is 534. The van der Waals surface area contributed by atoms with Crippen LogP contribution in [0.15, 0.2) is 43.0 Å². The van der Waals surface area contributed by atoms with Crippen LogP contribution in [0.2, 0.25) is 0 Å². The number of para-hydroxylation sites is 1. The van der Waals surface area contributed by atoms with Crippen LogP contribution in [0.4, 0.5) is 5.69 Å². The highest BCUT2D eigenvalue weighted by Crippen LogP contribution is 2.26. The molecule has 1 N–H and O–H groups in total. The predicted octanol–water partition coefficient (Wildman–Crippen LogP) is 2.27. The van der Waals surface area contributed by atoms with Gasteiger partial charge < -0.3 is 10.1 Å². The second-order valence-corrected chi connectivity index (χ2v) is 4.05. The van der Waals surface area contributed by atoms with Gasteiger partial charge in [-0.15, -0.1) is 6.58 Å². The molecule has 20 heavy (non-hydrogen) atoms. The molecule has 1 amide bonds. The monoisotopic (exact) mass is 272 g/mol. The van der Waals surface area contributed by atoms with Gasteiger partial charge in [0.15, 0.2) is 0 Å². The van der Waals surface area contributed by atoms with Gasteiger partial charge in [0.2, 0.25) is 5.41 Å². The molecule has 0 aliphatic carbocycles. The van der Waals surface area contributed by atoms with Crippen LogP contribution in [-0.2, 0) is 14.3 Å². The van der Waals surface area contributed by atoms with Gasteiger partial charge in [-0.25, -0.2) is 4.79 Å². The Morgan fingerprint density at radius 3 is 2.60 bits per heavy atom. The Labute approximate surface area is 117 Å². The third-order valence-corrected chi connectivity index (χ3v) is 2.68. The molecule has 0 saturated carbocycles. The summed E-state index contributed by atoms with van der Waals surface area (Å²) in [4.78, 5) is 24.3. The van der Waals surface area contributed by atoms with E-state index in [0.29, 0.717) is 5.69 Å². The van der Waals surface area contributed by atoms with Crippen LogP contribution in [0.3, 0.4) is 0 Å². The lowest BCUT2D eigenvalue weighted by Gasteiger charge is -2.22. The van der Waals surface area contributed by atoms with E-state index in [0.717, 1.165) is 0 Å². The molecule has 0 aromatic heterocycles. The lowest BCUT2D eigenvalue weighted by molar-refractivity contribution is -0.155. The molecule has 5 nitrogen and oxygen atoms in total. The minimum Gasteiger partial charge on any atom is -0.464 e. The molecule has 0 heterocycles. The van der Waals surface area contributed by atoms with Gasteiger partial charge >= 0.3 is 5.97 Å². The van der Waals surface area contributed by atoms with Gasteiger partial charge in [0.25, 0.3) is 5.91 Å². The Kier molecular flexibility index (Phi) is 5.48. The van der Waals surface area contributed by atoms with Crippen LogP contribution in [0.5, 0.6) is 0 Å². The van der Waals surface area contributed by atoms with Crippen LogP contribution in [0, 0.1) is 16.7 Å². The second kappa shape index (κ2) is 7.10. The van der Waals surface area contributed by atoms with Crippen LogP contribution in [-0.4, -0.2) is 18.5 Å². The number of carbonyl (C=O) groups excluding carboxylic acids is 2. The highest BCUT2D eigenvalue weighted by atomic mass is 16.5. The molecule has 0 saturated heterocycles. The van der Waals surface area contributed by atoms with Crippen molar-refractivity contribution >= 4 is 17.6 Å². The molecule has 0 aliphatic rings. The van der Waals surface area contributed by atoms with E-state index in [-0.39, 0.29) is 13.0 Å². The maximum Gasteiger partial charge on any atom is 0.336 e. The topological polar surface area (TPSA) is 79.2 Å². The Morgan fingerprint density at radius 1 is 1.45 bits per heavy atom. The van der Waals surface area contributed by atoms with E-state index in [1.165, 1.54) is 6.08 Å². The SMILES string of the molecule is C=CCC(C#N)(C(=O)Nc1ccccc1)C(=O)OCC. The van der Waals surface area contributed by atoms with Crippen LogP contribution >= 0.6 is 0 Å². The average molecular weight is 272 g/mol. The number of nitrogens with one attached hydrogen (secondary N) is 1. The van der Waals surface area contributed by atoms with Gasteiger partial charge in [-0.2, -0.15) is 5.26 Å². The van der Waals surface area contributed by atoms with E-state index < -0.39 is 17.3 Å². The number of hydrogen-bond acceptors (Lipinski definition) is 4. The zero-order chi connectivity index (χ0) is 15.0. The molecule has 5 heteroatoms. The molecule has 0 spiro atoms. The number of anilines is 1. The summed E-state index contributed by atoms with van der Waals surface area (Å²) < 4.78 is 4.84. The number of rotatable bonds is 6. The van der Waals surface area contributed by atoms with Crippen molar-refractivity contribution < 1.29 is 14.3 Å². The summed E-state index contributed by atoms with van der Waals surface area (Å²) in [6.45, 7) is 5.20. The maximum atomic E-state index is 12.3. The number of esters is 1. The first kappa shape index (κ1) is 15.4. The second-order valence-electron chi connectivity index (χ2n) is 4.05. The number of benzene rings is 1. The van der Waals surface area contributed by atoms with Gasteiger partial charge in [0.1, 0.15) is 0 Å². The molecule has 1 rings (SSSR count). The van der Waals surface area contributed by atoms with E-state index >= 15 is 0 Å². The van der Waals surface area contributed by atoms with E-state index in [2.05, 4.69) is 11.9 Å². The van der Waals surface area contributed by atoms with Crippen molar-refractivity contribution in [1.82, 2.24) is 0 Å². The predicted molar refractivity (Wildman–Crippen MR) is 74.6 cm³/mol. The highest BCUT2D eigenvalue weighted by molar-refractivity contribution is 6.11. The standard InChI is InChI=1S/C15H16N2O3/c1-3-10-15(11-16,14(19)20-4-2)13(18)17-12-8-6-5-7-9-12/h3,5-9H,1,4,10H2,2H3,(H,17,18). The lowest BCUT2D eigenvalue weighted by atomic mass is 9.85. The zero-order valence-corrected chi connectivity index (χ0v) is 11.3. The molecule has 104 valence electrons. The molecule has 0 bridgehead atoms. The van der Waals surface area contributed by atoms with E-state index in [1.54, 1.807) is 43.3 Å². The first-order valence-corrected chi connectivity index (χ1v) is 6.16. The van der Waals surface area contributed by atoms with E-state index in [9.17, 15) is 14.9 Å². The van der Waals surface area contributed by atoms with E-state index in [4.69, 9.17) is 4.74 Å². The quantitative estimate of drug-likeness (QED) is 0.489. The summed E-state index contributed by atoms with van der Waals surface area (Å²) in [6.07, 6.45) is 1.24. The Balaban J connectivity index is 3.04. The smallest absolute Gasteiger partial charge is 0.336 e. The van der Waals surface area contributed by atoms with Crippen molar-refractivity contribution in [2.24, 2.45) is 5.41 Å². The molecule has 1 aromatic rings. The van der Waals surface area contributed by atoms with Crippen molar-refractivity contribution in [2.75, 3.05) is 11.9 Å². The summed E-state index contributed by atoms with van der Waals surface area (Å²) in [5, 5.41) is 11.8. The Hall–Kier alpha value is -2.61. The van der Waals surface area contributed by atoms with Crippen LogP contribution < -0.4 is 5.32 Å². The third-order valence-electron chi connectivity index (χ3n) is 2.68. The lowest BCUT2D eigenvalue weighted by Crippen LogP contribution is -2.43. The van der Waals surface area contributed by atoms with E-state index in [1.807, 2.05) is 0 Å². The summed E-state index contributed by atoms with van der Waals surface area (Å²) in [6, 6.07) is 10.4. The Morgan fingerprint density at radius 2 is 2.10 bits per heavy atom. The van der Waals surface area contributed by atoms with Crippen molar-refractivity contribution in [1.29, 1.82) is 5.26 Å². The molecule has 1 unspecified atom stereocenters. The van der Waals surface area contributed by atoms with Crippen molar-refractivity contribution in [3.63, 3.8) is 0 Å². The summed E-state index contributed by atoms with van der Waals surface area (Å²) in [5.74, 6) is -1.58. The molecule has 0 aliphatic heterocycles.